The molecule has 1 amide bonds. The summed E-state index contributed by atoms with van der Waals surface area (Å²) in [6, 6.07) is 15.5. The van der Waals surface area contributed by atoms with E-state index in [1.807, 2.05) is 55.5 Å². The summed E-state index contributed by atoms with van der Waals surface area (Å²) in [7, 11) is 2.12. The van der Waals surface area contributed by atoms with Crippen LogP contribution in [0.1, 0.15) is 5.56 Å². The number of carbonyl (C=O) groups is 1. The molecule has 7 heteroatoms. The van der Waals surface area contributed by atoms with Gasteiger partial charge in [0, 0.05) is 26.2 Å². The van der Waals surface area contributed by atoms with Gasteiger partial charge in [0.25, 0.3) is 0 Å². The Kier molecular flexibility index (Phi) is 7.36. The molecule has 28 heavy (non-hydrogen) atoms. The van der Waals surface area contributed by atoms with E-state index in [4.69, 9.17) is 16.6 Å². The molecular weight excluding hydrogens is 392 g/mol. The second kappa shape index (κ2) is 9.96. The Morgan fingerprint density at radius 3 is 2.54 bits per heavy atom. The summed E-state index contributed by atoms with van der Waals surface area (Å²) in [5, 5.41) is 4.32. The summed E-state index contributed by atoms with van der Waals surface area (Å²) in [6.45, 7) is 5.75. The number of hydrogen-bond acceptors (Lipinski definition) is 4. The van der Waals surface area contributed by atoms with Gasteiger partial charge < -0.3 is 15.1 Å². The summed E-state index contributed by atoms with van der Waals surface area (Å²) in [6.07, 6.45) is 0. The normalized spacial score (nSPS) is 15.5. The number of nitrogens with one attached hydrogen (secondary N) is 1. The minimum absolute atomic E-state index is 0.0920. The second-order valence-corrected chi connectivity index (χ2v) is 8.19. The molecule has 0 saturated carbocycles. The number of anilines is 1. The van der Waals surface area contributed by atoms with Gasteiger partial charge in [-0.2, -0.15) is 0 Å². The number of amidine groups is 1. The Morgan fingerprint density at radius 1 is 1.14 bits per heavy atom. The highest BCUT2D eigenvalue weighted by molar-refractivity contribution is 8.14. The number of halogens is 1. The third-order valence-corrected chi connectivity index (χ3v) is 5.81. The van der Waals surface area contributed by atoms with Crippen molar-refractivity contribution in [2.75, 3.05) is 44.3 Å². The molecule has 5 nitrogen and oxygen atoms in total. The number of benzene rings is 2. The maximum atomic E-state index is 12.5. The van der Waals surface area contributed by atoms with Gasteiger partial charge in [-0.3, -0.25) is 4.79 Å². The molecule has 1 aliphatic rings. The van der Waals surface area contributed by atoms with Crippen molar-refractivity contribution in [1.82, 2.24) is 9.80 Å². The number of thioether (sulfide) groups is 1. The van der Waals surface area contributed by atoms with Crippen LogP contribution in [0.5, 0.6) is 0 Å². The molecule has 1 fully saturated rings. The number of carbonyl (C=O) groups excluding carboxylic acids is 1. The Balaban J connectivity index is 1.67. The van der Waals surface area contributed by atoms with Crippen LogP contribution in [-0.4, -0.2) is 59.9 Å². The Bertz CT molecular complexity index is 836. The summed E-state index contributed by atoms with van der Waals surface area (Å²) in [4.78, 5) is 21.8. The summed E-state index contributed by atoms with van der Waals surface area (Å²) in [5.41, 5.74) is 2.59. The molecule has 0 radical (unpaired) electrons. The fourth-order valence-corrected chi connectivity index (χ4v) is 3.99. The number of rotatable bonds is 4. The van der Waals surface area contributed by atoms with Gasteiger partial charge in [0.2, 0.25) is 5.91 Å². The van der Waals surface area contributed by atoms with E-state index < -0.39 is 0 Å². The van der Waals surface area contributed by atoms with Gasteiger partial charge in [-0.05, 0) is 43.8 Å². The lowest BCUT2D eigenvalue weighted by Crippen LogP contribution is -2.46. The molecule has 0 bridgehead atoms. The first kappa shape index (κ1) is 20.7. The first-order valence-electron chi connectivity index (χ1n) is 9.27. The van der Waals surface area contributed by atoms with Gasteiger partial charge in [-0.25, -0.2) is 4.99 Å². The number of para-hydroxylation sites is 1. The highest BCUT2D eigenvalue weighted by atomic mass is 35.5. The fraction of sp³-hybridized carbons (Fsp3) is 0.333. The zero-order valence-corrected chi connectivity index (χ0v) is 17.8. The lowest BCUT2D eigenvalue weighted by atomic mass is 10.2. The molecule has 148 valence electrons. The minimum Gasteiger partial charge on any atom is -0.349 e. The van der Waals surface area contributed by atoms with Crippen molar-refractivity contribution in [2.45, 2.75) is 6.92 Å². The molecule has 0 spiro atoms. The van der Waals surface area contributed by atoms with Crippen LogP contribution in [0, 0.1) is 6.92 Å². The van der Waals surface area contributed by atoms with Gasteiger partial charge in [-0.1, -0.05) is 47.6 Å². The van der Waals surface area contributed by atoms with Crippen molar-refractivity contribution >= 4 is 45.8 Å². The molecule has 0 atom stereocenters. The first-order chi connectivity index (χ1) is 13.5. The average molecular weight is 417 g/mol. The van der Waals surface area contributed by atoms with E-state index in [9.17, 15) is 4.79 Å². The molecule has 1 saturated heterocycles. The Morgan fingerprint density at radius 2 is 1.86 bits per heavy atom. The van der Waals surface area contributed by atoms with Crippen molar-refractivity contribution in [3.8, 4) is 0 Å². The maximum Gasteiger partial charge on any atom is 0.234 e. The van der Waals surface area contributed by atoms with Crippen LogP contribution in [0.2, 0.25) is 5.02 Å². The van der Waals surface area contributed by atoms with E-state index in [0.717, 1.165) is 42.6 Å². The van der Waals surface area contributed by atoms with Gasteiger partial charge in [0.15, 0.2) is 5.17 Å². The van der Waals surface area contributed by atoms with Crippen molar-refractivity contribution in [3.05, 3.63) is 59.1 Å². The van der Waals surface area contributed by atoms with Crippen LogP contribution in [0.25, 0.3) is 0 Å². The molecular formula is C21H25ClN4OS. The molecule has 0 aliphatic carbocycles. The van der Waals surface area contributed by atoms with Crippen molar-refractivity contribution in [2.24, 2.45) is 4.99 Å². The van der Waals surface area contributed by atoms with Crippen LogP contribution < -0.4 is 5.32 Å². The Labute approximate surface area is 175 Å². The van der Waals surface area contributed by atoms with Crippen molar-refractivity contribution in [3.63, 3.8) is 0 Å². The predicted octanol–water partition coefficient (Wildman–Crippen LogP) is 4.26. The molecule has 3 rings (SSSR count). The topological polar surface area (TPSA) is 47.9 Å². The zero-order valence-electron chi connectivity index (χ0n) is 16.2. The van der Waals surface area contributed by atoms with Crippen LogP contribution >= 0.6 is 23.4 Å². The summed E-state index contributed by atoms with van der Waals surface area (Å²) >= 11 is 7.68. The molecule has 2 aromatic carbocycles. The average Bonchev–Trinajstić information content (AvgIpc) is 2.69. The summed E-state index contributed by atoms with van der Waals surface area (Å²) < 4.78 is 0. The quantitative estimate of drug-likeness (QED) is 0.597. The molecule has 0 unspecified atom stereocenters. The number of likely N-dealkylation sites (N-methyl/N-ethyl adjacent to an activating group) is 1. The monoisotopic (exact) mass is 416 g/mol. The van der Waals surface area contributed by atoms with Crippen LogP contribution in [0.4, 0.5) is 11.4 Å². The smallest absolute Gasteiger partial charge is 0.234 e. The van der Waals surface area contributed by atoms with Gasteiger partial charge in [0.1, 0.15) is 0 Å². The van der Waals surface area contributed by atoms with Gasteiger partial charge in [0.05, 0.1) is 22.2 Å². The lowest BCUT2D eigenvalue weighted by Gasteiger charge is -2.34. The number of piperazine rings is 1. The van der Waals surface area contributed by atoms with E-state index in [1.54, 1.807) is 0 Å². The van der Waals surface area contributed by atoms with Crippen molar-refractivity contribution in [1.29, 1.82) is 0 Å². The standard InChI is InChI=1S/C21H25ClN4OS/c1-16-8-9-19(18(22)14-16)24-20(27)15-28-21(23-17-6-4-3-5-7-17)26-12-10-25(2)11-13-26/h3-9,14H,10-13,15H2,1-2H3,(H,24,27). The largest absolute Gasteiger partial charge is 0.349 e. The minimum atomic E-state index is -0.0920. The maximum absolute atomic E-state index is 12.5. The predicted molar refractivity (Wildman–Crippen MR) is 120 cm³/mol. The molecule has 0 aromatic heterocycles. The van der Waals surface area contributed by atoms with Crippen LogP contribution in [0.3, 0.4) is 0 Å². The highest BCUT2D eigenvalue weighted by Crippen LogP contribution is 2.24. The SMILES string of the molecule is Cc1ccc(NC(=O)CSC(=Nc2ccccc2)N2CCN(C)CC2)c(Cl)c1. The van der Waals surface area contributed by atoms with E-state index in [-0.39, 0.29) is 11.7 Å². The van der Waals surface area contributed by atoms with E-state index in [2.05, 4.69) is 22.2 Å². The summed E-state index contributed by atoms with van der Waals surface area (Å²) in [5.74, 6) is 0.188. The molecule has 1 N–H and O–H groups in total. The molecule has 2 aromatic rings. The highest BCUT2D eigenvalue weighted by Gasteiger charge is 2.19. The van der Waals surface area contributed by atoms with E-state index in [1.165, 1.54) is 11.8 Å². The van der Waals surface area contributed by atoms with Gasteiger partial charge in [-0.15, -0.1) is 0 Å². The third-order valence-electron chi connectivity index (χ3n) is 4.49. The third kappa shape index (κ3) is 5.99. The lowest BCUT2D eigenvalue weighted by molar-refractivity contribution is -0.113. The first-order valence-corrected chi connectivity index (χ1v) is 10.6. The van der Waals surface area contributed by atoms with Crippen LogP contribution in [-0.2, 0) is 4.79 Å². The Hall–Kier alpha value is -2.02. The number of nitrogens with zero attached hydrogens (tertiary/aromatic N) is 3. The number of aliphatic imine (C=N–C) groups is 1. The molecule has 1 aliphatic heterocycles. The number of aryl methyl sites for hydroxylation is 1. The number of hydrogen-bond donors (Lipinski definition) is 1. The second-order valence-electron chi connectivity index (χ2n) is 6.84. The van der Waals surface area contributed by atoms with E-state index >= 15 is 0 Å². The van der Waals surface area contributed by atoms with Crippen molar-refractivity contribution < 1.29 is 4.79 Å². The van der Waals surface area contributed by atoms with Crippen LogP contribution in [0.15, 0.2) is 53.5 Å². The zero-order chi connectivity index (χ0) is 19.9. The van der Waals surface area contributed by atoms with E-state index in [0.29, 0.717) is 10.7 Å². The van der Waals surface area contributed by atoms with Gasteiger partial charge >= 0.3 is 0 Å². The number of amides is 1. The fourth-order valence-electron chi connectivity index (χ4n) is 2.84. The molecule has 1 heterocycles.